The Bertz CT molecular complexity index is 976. The minimum absolute atomic E-state index is 0.00275. The van der Waals surface area contributed by atoms with Crippen molar-refractivity contribution in [1.29, 1.82) is 0 Å². The fourth-order valence-corrected chi connectivity index (χ4v) is 3.45. The van der Waals surface area contributed by atoms with Gasteiger partial charge in [-0.3, -0.25) is 9.69 Å². The van der Waals surface area contributed by atoms with Gasteiger partial charge in [0.2, 0.25) is 5.91 Å². The highest BCUT2D eigenvalue weighted by atomic mass is 16.5. The monoisotopic (exact) mass is 406 g/mol. The summed E-state index contributed by atoms with van der Waals surface area (Å²) in [5, 5.41) is 4.99. The number of anilines is 1. The summed E-state index contributed by atoms with van der Waals surface area (Å²) in [5.41, 5.74) is 2.99. The number of nitrogens with one attached hydrogen (secondary N) is 1. The van der Waals surface area contributed by atoms with E-state index in [2.05, 4.69) is 40.5 Å². The summed E-state index contributed by atoms with van der Waals surface area (Å²) in [4.78, 5) is 21.2. The molecule has 2 heterocycles. The highest BCUT2D eigenvalue weighted by Gasteiger charge is 2.32. The average Bonchev–Trinajstić information content (AvgIpc) is 2.69. The number of nitrogens with zero attached hydrogens (tertiary/aromatic N) is 3. The summed E-state index contributed by atoms with van der Waals surface area (Å²) in [6, 6.07) is 8.10. The van der Waals surface area contributed by atoms with Gasteiger partial charge in [0.25, 0.3) is 0 Å². The highest BCUT2D eigenvalue weighted by Crippen LogP contribution is 2.26. The van der Waals surface area contributed by atoms with Gasteiger partial charge in [-0.1, -0.05) is 31.4 Å². The lowest BCUT2D eigenvalue weighted by atomic mass is 9.99. The van der Waals surface area contributed by atoms with E-state index in [1.807, 2.05) is 37.1 Å². The third-order valence-corrected chi connectivity index (χ3v) is 5.42. The van der Waals surface area contributed by atoms with Gasteiger partial charge in [0.1, 0.15) is 5.82 Å². The number of amides is 1. The number of fused-ring (bicyclic) bond motifs is 1. The fraction of sp³-hybridized carbons (Fsp3) is 0.333. The van der Waals surface area contributed by atoms with Crippen LogP contribution < -0.4 is 5.32 Å². The first-order valence-corrected chi connectivity index (χ1v) is 10.1. The maximum absolute atomic E-state index is 12.5. The van der Waals surface area contributed by atoms with Crippen LogP contribution in [-0.2, 0) is 9.53 Å². The van der Waals surface area contributed by atoms with E-state index in [4.69, 9.17) is 4.74 Å². The van der Waals surface area contributed by atoms with Crippen LogP contribution in [0.15, 0.2) is 61.5 Å². The van der Waals surface area contributed by atoms with Gasteiger partial charge in [0.15, 0.2) is 0 Å². The third kappa shape index (κ3) is 4.96. The number of aromatic nitrogens is 1. The molecule has 6 nitrogen and oxygen atoms in total. The van der Waals surface area contributed by atoms with Crippen LogP contribution in [0.25, 0.3) is 16.5 Å². The molecule has 0 unspecified atom stereocenters. The van der Waals surface area contributed by atoms with Crippen molar-refractivity contribution in [2.45, 2.75) is 6.92 Å². The van der Waals surface area contributed by atoms with Crippen molar-refractivity contribution in [2.24, 2.45) is 5.92 Å². The Morgan fingerprint density at radius 3 is 2.80 bits per heavy atom. The van der Waals surface area contributed by atoms with E-state index in [0.717, 1.165) is 47.4 Å². The van der Waals surface area contributed by atoms with Crippen LogP contribution in [0.4, 0.5) is 5.82 Å². The Hall–Kier alpha value is -2.96. The van der Waals surface area contributed by atoms with Crippen molar-refractivity contribution in [1.82, 2.24) is 14.8 Å². The van der Waals surface area contributed by atoms with Crippen LogP contribution in [0.1, 0.15) is 12.5 Å². The van der Waals surface area contributed by atoms with E-state index in [1.165, 1.54) is 0 Å². The zero-order valence-corrected chi connectivity index (χ0v) is 18.0. The lowest BCUT2D eigenvalue weighted by Gasteiger charge is -2.37. The molecule has 0 spiro atoms. The van der Waals surface area contributed by atoms with Crippen LogP contribution in [0.5, 0.6) is 0 Å². The molecule has 158 valence electrons. The summed E-state index contributed by atoms with van der Waals surface area (Å²) in [6.45, 7) is 12.9. The van der Waals surface area contributed by atoms with E-state index in [-0.39, 0.29) is 11.8 Å². The fourth-order valence-electron chi connectivity index (χ4n) is 3.45. The highest BCUT2D eigenvalue weighted by molar-refractivity contribution is 5.95. The van der Waals surface area contributed by atoms with Crippen LogP contribution >= 0.6 is 0 Å². The number of ether oxygens (including phenoxy) is 1. The van der Waals surface area contributed by atoms with E-state index >= 15 is 0 Å². The molecule has 0 atom stereocenters. The van der Waals surface area contributed by atoms with Crippen LogP contribution in [-0.4, -0.2) is 61.1 Å². The number of methoxy groups -OCH3 is 1. The average molecular weight is 407 g/mol. The lowest BCUT2D eigenvalue weighted by molar-refractivity contribution is -0.125. The molecule has 1 aliphatic rings. The van der Waals surface area contributed by atoms with E-state index in [9.17, 15) is 4.79 Å². The summed E-state index contributed by atoms with van der Waals surface area (Å²) >= 11 is 0. The molecule has 0 aliphatic carbocycles. The number of carbonyl (C=O) groups is 1. The predicted octanol–water partition coefficient (Wildman–Crippen LogP) is 3.74. The first kappa shape index (κ1) is 21.7. The lowest BCUT2D eigenvalue weighted by Crippen LogP contribution is -2.52. The second-order valence-electron chi connectivity index (χ2n) is 7.65. The van der Waals surface area contributed by atoms with Gasteiger partial charge >= 0.3 is 0 Å². The smallest absolute Gasteiger partial charge is 0.231 e. The summed E-state index contributed by atoms with van der Waals surface area (Å²) in [6.07, 6.45) is 5.52. The number of allylic oxidation sites excluding steroid dienone is 3. The van der Waals surface area contributed by atoms with Gasteiger partial charge in [0, 0.05) is 56.8 Å². The van der Waals surface area contributed by atoms with E-state index < -0.39 is 0 Å². The Morgan fingerprint density at radius 1 is 1.37 bits per heavy atom. The number of benzene rings is 1. The van der Waals surface area contributed by atoms with Crippen molar-refractivity contribution in [2.75, 3.05) is 45.7 Å². The number of hydrogen-bond donors (Lipinski definition) is 1. The Kier molecular flexibility index (Phi) is 7.03. The minimum atomic E-state index is -0.00275. The molecular weight excluding hydrogens is 376 g/mol. The zero-order chi connectivity index (χ0) is 21.7. The molecule has 0 saturated carbocycles. The SMILES string of the molecule is C=C/C=C(/c1ccc2cnc(NC(=O)C3CN(CCOC)C3)cc2c1)N(C)C(=C)C. The maximum Gasteiger partial charge on any atom is 0.231 e. The third-order valence-electron chi connectivity index (χ3n) is 5.42. The van der Waals surface area contributed by atoms with Crippen molar-refractivity contribution in [3.8, 4) is 0 Å². The second-order valence-corrected chi connectivity index (χ2v) is 7.65. The number of likely N-dealkylation sites (tertiary alicyclic amines) is 1. The van der Waals surface area contributed by atoms with Gasteiger partial charge in [-0.25, -0.2) is 4.98 Å². The molecule has 30 heavy (non-hydrogen) atoms. The number of pyridine rings is 1. The summed E-state index contributed by atoms with van der Waals surface area (Å²) < 4.78 is 5.08. The van der Waals surface area contributed by atoms with Crippen molar-refractivity contribution < 1.29 is 9.53 Å². The second kappa shape index (κ2) is 9.69. The molecule has 6 heteroatoms. The molecule has 1 saturated heterocycles. The van der Waals surface area contributed by atoms with Gasteiger partial charge in [-0.2, -0.15) is 0 Å². The predicted molar refractivity (Wildman–Crippen MR) is 123 cm³/mol. The number of rotatable bonds is 9. The van der Waals surface area contributed by atoms with Crippen molar-refractivity contribution in [3.63, 3.8) is 0 Å². The van der Waals surface area contributed by atoms with Crippen LogP contribution in [0, 0.1) is 5.92 Å². The molecule has 1 amide bonds. The summed E-state index contributed by atoms with van der Waals surface area (Å²) in [7, 11) is 3.67. The molecule has 3 rings (SSSR count). The Labute approximate surface area is 178 Å². The summed E-state index contributed by atoms with van der Waals surface area (Å²) in [5.74, 6) is 0.584. The first-order valence-electron chi connectivity index (χ1n) is 10.1. The van der Waals surface area contributed by atoms with Crippen molar-refractivity contribution in [3.05, 3.63) is 67.0 Å². The first-order chi connectivity index (χ1) is 14.4. The van der Waals surface area contributed by atoms with E-state index in [0.29, 0.717) is 12.4 Å². The molecule has 2 aromatic rings. The molecule has 1 aromatic heterocycles. The molecular formula is C24H30N4O2. The molecule has 1 aromatic carbocycles. The normalized spacial score (nSPS) is 15.0. The molecule has 1 aliphatic heterocycles. The Morgan fingerprint density at radius 2 is 2.13 bits per heavy atom. The van der Waals surface area contributed by atoms with Crippen LogP contribution in [0.3, 0.4) is 0 Å². The van der Waals surface area contributed by atoms with Gasteiger partial charge in [0.05, 0.1) is 12.5 Å². The number of hydrogen-bond acceptors (Lipinski definition) is 5. The van der Waals surface area contributed by atoms with Crippen LogP contribution in [0.2, 0.25) is 0 Å². The largest absolute Gasteiger partial charge is 0.383 e. The molecule has 0 radical (unpaired) electrons. The minimum Gasteiger partial charge on any atom is -0.383 e. The maximum atomic E-state index is 12.5. The topological polar surface area (TPSA) is 57.7 Å². The zero-order valence-electron chi connectivity index (χ0n) is 18.0. The van der Waals surface area contributed by atoms with Gasteiger partial charge < -0.3 is 15.0 Å². The van der Waals surface area contributed by atoms with Crippen molar-refractivity contribution >= 4 is 28.2 Å². The Balaban J connectivity index is 1.75. The number of carbonyl (C=O) groups excluding carboxylic acids is 1. The standard InChI is InChI=1S/C24H30N4O2/c1-6-7-22(27(4)17(2)3)18-8-9-19-14-25-23(13-20(19)12-18)26-24(29)21-15-28(16-21)10-11-30-5/h6-9,12-14,21H,1-2,10-11,15-16H2,3-5H3,(H,25,26,29)/b22-7-. The molecule has 1 N–H and O–H groups in total. The van der Waals surface area contributed by atoms with E-state index in [1.54, 1.807) is 19.4 Å². The van der Waals surface area contributed by atoms with Gasteiger partial charge in [-0.15, -0.1) is 0 Å². The van der Waals surface area contributed by atoms with Gasteiger partial charge in [-0.05, 0) is 36.1 Å². The quantitative estimate of drug-likeness (QED) is 0.643. The molecule has 1 fully saturated rings. The molecule has 0 bridgehead atoms.